The number of carbonyl (C=O) groups is 1. The van der Waals surface area contributed by atoms with Crippen LogP contribution in [-0.4, -0.2) is 38.4 Å². The minimum absolute atomic E-state index is 0.0103. The maximum atomic E-state index is 12.0. The van der Waals surface area contributed by atoms with Crippen molar-refractivity contribution in [2.45, 2.75) is 19.4 Å². The molecule has 1 heterocycles. The number of amides is 1. The number of nitrogens with one attached hydrogen (secondary N) is 1. The summed E-state index contributed by atoms with van der Waals surface area (Å²) in [5, 5.41) is 26.4. The molecule has 1 aromatic heterocycles. The van der Waals surface area contributed by atoms with E-state index < -0.39 is 4.92 Å². The molecular formula is C14H16N4O4. The van der Waals surface area contributed by atoms with Crippen LogP contribution in [0, 0.1) is 10.1 Å². The van der Waals surface area contributed by atoms with Crippen LogP contribution in [0.3, 0.4) is 0 Å². The van der Waals surface area contributed by atoms with Gasteiger partial charge in [0, 0.05) is 31.0 Å². The van der Waals surface area contributed by atoms with Gasteiger partial charge in [0.15, 0.2) is 5.69 Å². The number of aliphatic hydroxyl groups excluding tert-OH is 1. The van der Waals surface area contributed by atoms with E-state index in [-0.39, 0.29) is 29.9 Å². The summed E-state index contributed by atoms with van der Waals surface area (Å²) in [4.78, 5) is 22.3. The first kappa shape index (κ1) is 15.6. The minimum Gasteiger partial charge on any atom is -0.396 e. The van der Waals surface area contributed by atoms with Gasteiger partial charge in [-0.3, -0.25) is 14.9 Å². The number of nitrogens with zero attached hydrogens (tertiary/aromatic N) is 3. The first-order valence-corrected chi connectivity index (χ1v) is 6.73. The third-order valence-electron chi connectivity index (χ3n) is 3.07. The van der Waals surface area contributed by atoms with Crippen molar-refractivity contribution in [2.24, 2.45) is 0 Å². The molecule has 0 saturated heterocycles. The van der Waals surface area contributed by atoms with Crippen molar-refractivity contribution in [3.05, 3.63) is 52.3 Å². The predicted molar refractivity (Wildman–Crippen MR) is 78.8 cm³/mol. The molecule has 0 aliphatic heterocycles. The lowest BCUT2D eigenvalue weighted by Gasteiger charge is -2.10. The van der Waals surface area contributed by atoms with E-state index in [0.29, 0.717) is 12.1 Å². The van der Waals surface area contributed by atoms with Gasteiger partial charge in [0.1, 0.15) is 0 Å². The highest BCUT2D eigenvalue weighted by Crippen LogP contribution is 2.16. The number of aromatic nitrogens is 2. The predicted octanol–water partition coefficient (Wildman–Crippen LogP) is 1.28. The number of benzene rings is 1. The van der Waals surface area contributed by atoms with E-state index in [1.165, 1.54) is 22.9 Å². The molecular weight excluding hydrogens is 288 g/mol. The van der Waals surface area contributed by atoms with Crippen molar-refractivity contribution in [1.29, 1.82) is 0 Å². The molecule has 2 rings (SSSR count). The van der Waals surface area contributed by atoms with Gasteiger partial charge in [-0.1, -0.05) is 6.07 Å². The fraction of sp³-hybridized carbons (Fsp3) is 0.286. The van der Waals surface area contributed by atoms with Gasteiger partial charge in [0.2, 0.25) is 0 Å². The molecule has 0 aliphatic carbocycles. The molecule has 22 heavy (non-hydrogen) atoms. The summed E-state index contributed by atoms with van der Waals surface area (Å²) in [6.45, 7) is 1.77. The van der Waals surface area contributed by atoms with E-state index in [1.54, 1.807) is 25.3 Å². The summed E-state index contributed by atoms with van der Waals surface area (Å²) in [6, 6.07) is 7.34. The Morgan fingerprint density at radius 1 is 1.50 bits per heavy atom. The van der Waals surface area contributed by atoms with Crippen molar-refractivity contribution in [3.63, 3.8) is 0 Å². The lowest BCUT2D eigenvalue weighted by molar-refractivity contribution is -0.384. The molecule has 1 atom stereocenters. The van der Waals surface area contributed by atoms with Gasteiger partial charge < -0.3 is 10.4 Å². The SMILES string of the molecule is CC(CCO)NC(=O)c1ccn(-c2cccc([N+](=O)[O-])c2)n1. The van der Waals surface area contributed by atoms with Crippen molar-refractivity contribution >= 4 is 11.6 Å². The number of carbonyl (C=O) groups excluding carboxylic acids is 1. The number of nitro benzene ring substituents is 1. The molecule has 2 aromatic rings. The topological polar surface area (TPSA) is 110 Å². The lowest BCUT2D eigenvalue weighted by atomic mass is 10.2. The summed E-state index contributed by atoms with van der Waals surface area (Å²) in [6.07, 6.45) is 2.02. The molecule has 8 nitrogen and oxygen atoms in total. The molecule has 1 unspecified atom stereocenters. The zero-order valence-electron chi connectivity index (χ0n) is 12.0. The van der Waals surface area contributed by atoms with Crippen molar-refractivity contribution in [1.82, 2.24) is 15.1 Å². The fourth-order valence-electron chi connectivity index (χ4n) is 1.90. The maximum Gasteiger partial charge on any atom is 0.271 e. The molecule has 1 aromatic carbocycles. The quantitative estimate of drug-likeness (QED) is 0.617. The van der Waals surface area contributed by atoms with Crippen LogP contribution in [0.1, 0.15) is 23.8 Å². The summed E-state index contributed by atoms with van der Waals surface area (Å²) in [5.41, 5.74) is 0.656. The van der Waals surface area contributed by atoms with Crippen LogP contribution >= 0.6 is 0 Å². The minimum atomic E-state index is -0.489. The lowest BCUT2D eigenvalue weighted by Crippen LogP contribution is -2.33. The number of rotatable bonds is 6. The van der Waals surface area contributed by atoms with Gasteiger partial charge in [0.05, 0.1) is 10.6 Å². The second-order valence-corrected chi connectivity index (χ2v) is 4.81. The van der Waals surface area contributed by atoms with Crippen LogP contribution < -0.4 is 5.32 Å². The van der Waals surface area contributed by atoms with Crippen LogP contribution in [0.2, 0.25) is 0 Å². The van der Waals surface area contributed by atoms with Gasteiger partial charge >= 0.3 is 0 Å². The second kappa shape index (κ2) is 6.81. The first-order valence-electron chi connectivity index (χ1n) is 6.73. The molecule has 0 spiro atoms. The standard InChI is InChI=1S/C14H16N4O4/c1-10(6-8-19)15-14(20)13-5-7-17(16-13)11-3-2-4-12(9-11)18(21)22/h2-5,7,9-10,19H,6,8H2,1H3,(H,15,20). The average molecular weight is 304 g/mol. The zero-order valence-corrected chi connectivity index (χ0v) is 12.0. The van der Waals surface area contributed by atoms with Crippen LogP contribution in [0.15, 0.2) is 36.5 Å². The number of hydrogen-bond acceptors (Lipinski definition) is 5. The van der Waals surface area contributed by atoms with E-state index in [1.807, 2.05) is 0 Å². The number of hydrogen-bond donors (Lipinski definition) is 2. The normalized spacial score (nSPS) is 11.9. The monoisotopic (exact) mass is 304 g/mol. The van der Waals surface area contributed by atoms with Gasteiger partial charge in [-0.2, -0.15) is 5.10 Å². The van der Waals surface area contributed by atoms with Crippen molar-refractivity contribution < 1.29 is 14.8 Å². The molecule has 0 saturated carbocycles. The molecule has 0 radical (unpaired) electrons. The number of nitro groups is 1. The molecule has 0 aliphatic rings. The fourth-order valence-corrected chi connectivity index (χ4v) is 1.90. The van der Waals surface area contributed by atoms with Gasteiger partial charge in [-0.05, 0) is 25.5 Å². The maximum absolute atomic E-state index is 12.0. The third-order valence-corrected chi connectivity index (χ3v) is 3.07. The number of non-ortho nitro benzene ring substituents is 1. The van der Waals surface area contributed by atoms with E-state index in [9.17, 15) is 14.9 Å². The van der Waals surface area contributed by atoms with Crippen LogP contribution in [0.4, 0.5) is 5.69 Å². The Morgan fingerprint density at radius 3 is 2.95 bits per heavy atom. The van der Waals surface area contributed by atoms with Crippen LogP contribution in [-0.2, 0) is 0 Å². The molecule has 0 bridgehead atoms. The summed E-state index contributed by atoms with van der Waals surface area (Å²) < 4.78 is 1.40. The molecule has 8 heteroatoms. The van der Waals surface area contributed by atoms with E-state index in [0.717, 1.165) is 0 Å². The average Bonchev–Trinajstić information content (AvgIpc) is 2.97. The second-order valence-electron chi connectivity index (χ2n) is 4.81. The molecule has 0 fully saturated rings. The Kier molecular flexibility index (Phi) is 4.84. The summed E-state index contributed by atoms with van der Waals surface area (Å²) in [5.74, 6) is -0.356. The highest BCUT2D eigenvalue weighted by atomic mass is 16.6. The van der Waals surface area contributed by atoms with E-state index >= 15 is 0 Å². The van der Waals surface area contributed by atoms with Gasteiger partial charge in [0.25, 0.3) is 11.6 Å². The summed E-state index contributed by atoms with van der Waals surface area (Å²) in [7, 11) is 0. The molecule has 2 N–H and O–H groups in total. The van der Waals surface area contributed by atoms with Gasteiger partial charge in [-0.15, -0.1) is 0 Å². The summed E-state index contributed by atoms with van der Waals surface area (Å²) >= 11 is 0. The largest absolute Gasteiger partial charge is 0.396 e. The Hall–Kier alpha value is -2.74. The molecule has 1 amide bonds. The smallest absolute Gasteiger partial charge is 0.271 e. The Labute approximate surface area is 126 Å². The Balaban J connectivity index is 2.16. The van der Waals surface area contributed by atoms with E-state index in [4.69, 9.17) is 5.11 Å². The molecule has 116 valence electrons. The van der Waals surface area contributed by atoms with E-state index in [2.05, 4.69) is 10.4 Å². The zero-order chi connectivity index (χ0) is 16.1. The highest BCUT2D eigenvalue weighted by Gasteiger charge is 2.14. The van der Waals surface area contributed by atoms with Crippen LogP contribution in [0.25, 0.3) is 5.69 Å². The van der Waals surface area contributed by atoms with Crippen molar-refractivity contribution in [2.75, 3.05) is 6.61 Å². The highest BCUT2D eigenvalue weighted by molar-refractivity contribution is 5.92. The third kappa shape index (κ3) is 3.67. The van der Waals surface area contributed by atoms with Crippen molar-refractivity contribution in [3.8, 4) is 5.69 Å². The van der Waals surface area contributed by atoms with Gasteiger partial charge in [-0.25, -0.2) is 4.68 Å². The first-order chi connectivity index (χ1) is 10.5. The number of aliphatic hydroxyl groups is 1. The van der Waals surface area contributed by atoms with Crippen LogP contribution in [0.5, 0.6) is 0 Å². The Bertz CT molecular complexity index is 683. The Morgan fingerprint density at radius 2 is 2.27 bits per heavy atom.